The molecule has 3 saturated heterocycles. The Bertz CT molecular complexity index is 973. The zero-order chi connectivity index (χ0) is 24.6. The van der Waals surface area contributed by atoms with Crippen LogP contribution in [0.25, 0.3) is 0 Å². The summed E-state index contributed by atoms with van der Waals surface area (Å²) < 4.78 is 11.7. The van der Waals surface area contributed by atoms with Crippen molar-refractivity contribution in [2.24, 2.45) is 11.8 Å². The molecule has 2 unspecified atom stereocenters. The number of amides is 2. The van der Waals surface area contributed by atoms with Gasteiger partial charge >= 0.3 is 5.97 Å². The zero-order valence-electron chi connectivity index (χ0n) is 20.2. The lowest BCUT2D eigenvalue weighted by atomic mass is 9.70. The van der Waals surface area contributed by atoms with Gasteiger partial charge in [0.2, 0.25) is 5.91 Å². The van der Waals surface area contributed by atoms with Gasteiger partial charge < -0.3 is 24.4 Å². The minimum atomic E-state index is -1.08. The van der Waals surface area contributed by atoms with Gasteiger partial charge in [-0.1, -0.05) is 24.3 Å². The van der Waals surface area contributed by atoms with E-state index in [2.05, 4.69) is 6.58 Å². The number of ether oxygens (including phenoxy) is 2. The van der Waals surface area contributed by atoms with Gasteiger partial charge in [0.05, 0.1) is 24.5 Å². The first-order valence-corrected chi connectivity index (χ1v) is 12.1. The third-order valence-corrected chi connectivity index (χ3v) is 7.44. The van der Waals surface area contributed by atoms with Crippen LogP contribution in [-0.4, -0.2) is 71.8 Å². The van der Waals surface area contributed by atoms with E-state index in [-0.39, 0.29) is 38.1 Å². The first-order valence-electron chi connectivity index (χ1n) is 12.1. The molecule has 3 heterocycles. The van der Waals surface area contributed by atoms with Crippen molar-refractivity contribution in [2.45, 2.75) is 57.8 Å². The zero-order valence-corrected chi connectivity index (χ0v) is 20.2. The van der Waals surface area contributed by atoms with Gasteiger partial charge in [-0.2, -0.15) is 0 Å². The molecule has 1 N–H and O–H groups in total. The van der Waals surface area contributed by atoms with Crippen LogP contribution in [0.15, 0.2) is 30.9 Å². The molecular weight excluding hydrogens is 436 g/mol. The molecule has 0 radical (unpaired) electrons. The molecule has 8 heteroatoms. The summed E-state index contributed by atoms with van der Waals surface area (Å²) in [6.07, 6.45) is 2.68. The van der Waals surface area contributed by atoms with Crippen molar-refractivity contribution < 1.29 is 29.0 Å². The number of carbonyl (C=O) groups is 3. The maximum absolute atomic E-state index is 14.3. The van der Waals surface area contributed by atoms with Gasteiger partial charge in [0.25, 0.3) is 5.91 Å². The number of hydrogen-bond donors (Lipinski definition) is 1. The molecule has 3 aliphatic heterocycles. The molecule has 3 aliphatic rings. The standard InChI is InChI=1S/C26H34N2O6/c1-5-13-27(21-16(3)9-7-10-17(21)4)24(31)22-26-12-11-18(34-26)19(25(32)33-6-2)20(26)23(30)28(22)14-8-15-29/h5,7,9-10,18-20,22,29H,1,6,8,11-15H2,2-4H3/t18-,19+,20+,22?,26?/m1/s1. The Kier molecular flexibility index (Phi) is 6.82. The highest BCUT2D eigenvalue weighted by Crippen LogP contribution is 2.59. The average molecular weight is 471 g/mol. The second kappa shape index (κ2) is 9.50. The van der Waals surface area contributed by atoms with Crippen LogP contribution in [0.2, 0.25) is 0 Å². The number of likely N-dealkylation sites (tertiary alicyclic amines) is 1. The number of esters is 1. The largest absolute Gasteiger partial charge is 0.466 e. The van der Waals surface area contributed by atoms with Crippen molar-refractivity contribution in [1.82, 2.24) is 4.90 Å². The topological polar surface area (TPSA) is 96.4 Å². The van der Waals surface area contributed by atoms with E-state index in [9.17, 15) is 19.5 Å². The third-order valence-electron chi connectivity index (χ3n) is 7.44. The Balaban J connectivity index is 1.79. The van der Waals surface area contributed by atoms with E-state index in [0.29, 0.717) is 19.3 Å². The van der Waals surface area contributed by atoms with Gasteiger partial charge in [0.1, 0.15) is 11.6 Å². The molecule has 1 spiro atoms. The van der Waals surface area contributed by atoms with E-state index in [0.717, 1.165) is 16.8 Å². The number of rotatable bonds is 9. The average Bonchev–Trinajstić information content (AvgIpc) is 3.44. The van der Waals surface area contributed by atoms with Gasteiger partial charge in [-0.25, -0.2) is 0 Å². The smallest absolute Gasteiger partial charge is 0.312 e. The maximum Gasteiger partial charge on any atom is 0.312 e. The lowest BCUT2D eigenvalue weighted by molar-refractivity contribution is -0.154. The van der Waals surface area contributed by atoms with Crippen LogP contribution in [0.5, 0.6) is 0 Å². The minimum Gasteiger partial charge on any atom is -0.466 e. The molecular formula is C26H34N2O6. The van der Waals surface area contributed by atoms with E-state index < -0.39 is 35.6 Å². The lowest BCUT2D eigenvalue weighted by Gasteiger charge is -2.37. The van der Waals surface area contributed by atoms with Crippen molar-refractivity contribution in [1.29, 1.82) is 0 Å². The highest BCUT2D eigenvalue weighted by Gasteiger charge is 2.75. The number of fused-ring (bicyclic) bond motifs is 1. The molecule has 2 bridgehead atoms. The second-order valence-electron chi connectivity index (χ2n) is 9.39. The molecule has 0 saturated carbocycles. The summed E-state index contributed by atoms with van der Waals surface area (Å²) in [5.41, 5.74) is 1.59. The minimum absolute atomic E-state index is 0.111. The van der Waals surface area contributed by atoms with Crippen LogP contribution < -0.4 is 4.90 Å². The van der Waals surface area contributed by atoms with Crippen molar-refractivity contribution >= 4 is 23.5 Å². The number of para-hydroxylation sites is 1. The monoisotopic (exact) mass is 470 g/mol. The quantitative estimate of drug-likeness (QED) is 0.439. The Labute approximate surface area is 200 Å². The summed E-state index contributed by atoms with van der Waals surface area (Å²) >= 11 is 0. The molecule has 8 nitrogen and oxygen atoms in total. The molecule has 34 heavy (non-hydrogen) atoms. The summed E-state index contributed by atoms with van der Waals surface area (Å²) in [5.74, 6) is -2.45. The van der Waals surface area contributed by atoms with Gasteiger partial charge in [0, 0.05) is 25.4 Å². The third kappa shape index (κ3) is 3.64. The SMILES string of the molecule is C=CCN(C(=O)C1N(CCCO)C(=O)[C@@H]2[C@@H](C(=O)OCC)[C@H]3CCC12O3)c1c(C)cccc1C. The van der Waals surface area contributed by atoms with Crippen molar-refractivity contribution in [2.75, 3.05) is 31.2 Å². The first kappa shape index (κ1) is 24.4. The summed E-state index contributed by atoms with van der Waals surface area (Å²) in [6.45, 7) is 10.1. The lowest BCUT2D eigenvalue weighted by Crippen LogP contribution is -2.56. The Hall–Kier alpha value is -2.71. The summed E-state index contributed by atoms with van der Waals surface area (Å²) in [7, 11) is 0. The predicted molar refractivity (Wildman–Crippen MR) is 126 cm³/mol. The summed E-state index contributed by atoms with van der Waals surface area (Å²) in [5, 5.41) is 9.47. The molecule has 0 aromatic heterocycles. The van der Waals surface area contributed by atoms with Crippen LogP contribution in [0.3, 0.4) is 0 Å². The fourth-order valence-electron chi connectivity index (χ4n) is 6.22. The van der Waals surface area contributed by atoms with Gasteiger partial charge in [-0.05, 0) is 51.2 Å². The molecule has 1 aromatic carbocycles. The predicted octanol–water partition coefficient (Wildman–Crippen LogP) is 2.14. The van der Waals surface area contributed by atoms with Crippen LogP contribution in [-0.2, 0) is 23.9 Å². The second-order valence-corrected chi connectivity index (χ2v) is 9.39. The highest BCUT2D eigenvalue weighted by molar-refractivity contribution is 6.05. The van der Waals surface area contributed by atoms with Crippen LogP contribution in [0.4, 0.5) is 5.69 Å². The van der Waals surface area contributed by atoms with E-state index in [1.807, 2.05) is 32.0 Å². The number of aliphatic hydroxyl groups excluding tert-OH is 1. The van der Waals surface area contributed by atoms with E-state index >= 15 is 0 Å². The number of anilines is 1. The van der Waals surface area contributed by atoms with Crippen LogP contribution in [0, 0.1) is 25.7 Å². The molecule has 1 aromatic rings. The molecule has 0 aliphatic carbocycles. The molecule has 3 fully saturated rings. The van der Waals surface area contributed by atoms with Crippen molar-refractivity contribution in [3.8, 4) is 0 Å². The van der Waals surface area contributed by atoms with Gasteiger partial charge in [-0.3, -0.25) is 14.4 Å². The Morgan fingerprint density at radius 3 is 2.68 bits per heavy atom. The number of aryl methyl sites for hydroxylation is 2. The number of nitrogens with zero attached hydrogens (tertiary/aromatic N) is 2. The summed E-state index contributed by atoms with van der Waals surface area (Å²) in [6, 6.07) is 4.95. The highest BCUT2D eigenvalue weighted by atomic mass is 16.6. The van der Waals surface area contributed by atoms with Crippen molar-refractivity contribution in [3.05, 3.63) is 42.0 Å². The fraction of sp³-hybridized carbons (Fsp3) is 0.577. The number of benzene rings is 1. The number of carbonyl (C=O) groups excluding carboxylic acids is 3. The molecule has 5 atom stereocenters. The van der Waals surface area contributed by atoms with Gasteiger partial charge in [0.15, 0.2) is 0 Å². The van der Waals surface area contributed by atoms with Crippen molar-refractivity contribution in [3.63, 3.8) is 0 Å². The van der Waals surface area contributed by atoms with Crippen LogP contribution in [0.1, 0.15) is 37.3 Å². The molecule has 2 amide bonds. The van der Waals surface area contributed by atoms with Crippen LogP contribution >= 0.6 is 0 Å². The number of hydrogen-bond acceptors (Lipinski definition) is 6. The first-order chi connectivity index (χ1) is 16.3. The fourth-order valence-corrected chi connectivity index (χ4v) is 6.22. The normalized spacial score (nSPS) is 29.3. The molecule has 4 rings (SSSR count). The molecule has 184 valence electrons. The number of aliphatic hydroxyl groups is 1. The maximum atomic E-state index is 14.3. The Morgan fingerprint density at radius 2 is 2.06 bits per heavy atom. The Morgan fingerprint density at radius 1 is 1.35 bits per heavy atom. The van der Waals surface area contributed by atoms with E-state index in [1.165, 1.54) is 4.90 Å². The summed E-state index contributed by atoms with van der Waals surface area (Å²) in [4.78, 5) is 44.1. The van der Waals surface area contributed by atoms with E-state index in [4.69, 9.17) is 9.47 Å². The van der Waals surface area contributed by atoms with Gasteiger partial charge in [-0.15, -0.1) is 6.58 Å². The van der Waals surface area contributed by atoms with E-state index in [1.54, 1.807) is 17.9 Å².